The summed E-state index contributed by atoms with van der Waals surface area (Å²) in [6.45, 7) is 1.04. The molecule has 2 rings (SSSR count). The molecular formula is C9H11N3O3. The van der Waals surface area contributed by atoms with Gasteiger partial charge in [-0.15, -0.1) is 0 Å². The Kier molecular flexibility index (Phi) is 2.40. The molecular weight excluding hydrogens is 198 g/mol. The zero-order valence-electron chi connectivity index (χ0n) is 8.01. The van der Waals surface area contributed by atoms with E-state index in [1.54, 1.807) is 4.90 Å². The number of carboxylic acid groups (broad SMARTS) is 1. The molecule has 0 atom stereocenters. The Hall–Kier alpha value is -1.85. The number of imidazole rings is 1. The molecule has 0 unspecified atom stereocenters. The highest BCUT2D eigenvalue weighted by Crippen LogP contribution is 2.20. The Morgan fingerprint density at radius 1 is 1.60 bits per heavy atom. The maximum Gasteiger partial charge on any atom is 0.303 e. The number of hydrogen-bond acceptors (Lipinski definition) is 3. The minimum Gasteiger partial charge on any atom is -0.481 e. The molecule has 2 N–H and O–H groups in total. The van der Waals surface area contributed by atoms with Crippen LogP contribution in [-0.4, -0.2) is 44.9 Å². The van der Waals surface area contributed by atoms with Crippen LogP contribution in [0.25, 0.3) is 0 Å². The van der Waals surface area contributed by atoms with E-state index < -0.39 is 5.97 Å². The van der Waals surface area contributed by atoms with Gasteiger partial charge in [-0.3, -0.25) is 9.59 Å². The number of aromatic nitrogens is 2. The van der Waals surface area contributed by atoms with E-state index in [0.29, 0.717) is 18.8 Å². The van der Waals surface area contributed by atoms with E-state index in [1.807, 2.05) is 0 Å². The van der Waals surface area contributed by atoms with Crippen LogP contribution in [0.2, 0.25) is 0 Å². The average Bonchev–Trinajstić information content (AvgIpc) is 2.61. The lowest BCUT2D eigenvalue weighted by atomic mass is 9.96. The Labute approximate surface area is 85.9 Å². The Morgan fingerprint density at radius 3 is 2.87 bits per heavy atom. The molecule has 0 saturated carbocycles. The summed E-state index contributed by atoms with van der Waals surface area (Å²) in [5.74, 6) is -0.836. The first kappa shape index (κ1) is 9.70. The van der Waals surface area contributed by atoms with Gasteiger partial charge in [-0.05, 0) is 0 Å². The molecule has 2 heterocycles. The van der Waals surface area contributed by atoms with Crippen molar-refractivity contribution in [1.82, 2.24) is 14.9 Å². The molecule has 0 spiro atoms. The van der Waals surface area contributed by atoms with E-state index in [2.05, 4.69) is 9.97 Å². The second-order valence-electron chi connectivity index (χ2n) is 3.64. The smallest absolute Gasteiger partial charge is 0.303 e. The average molecular weight is 209 g/mol. The van der Waals surface area contributed by atoms with Gasteiger partial charge in [0.15, 0.2) is 0 Å². The van der Waals surface area contributed by atoms with Gasteiger partial charge < -0.3 is 15.0 Å². The number of H-pyrrole nitrogens is 1. The van der Waals surface area contributed by atoms with Gasteiger partial charge in [0, 0.05) is 19.0 Å². The second kappa shape index (κ2) is 3.72. The number of hydrogen-bond donors (Lipinski definition) is 2. The summed E-state index contributed by atoms with van der Waals surface area (Å²) >= 11 is 0. The van der Waals surface area contributed by atoms with Crippen LogP contribution in [0.15, 0.2) is 12.5 Å². The first-order chi connectivity index (χ1) is 7.16. The van der Waals surface area contributed by atoms with E-state index in [4.69, 9.17) is 5.11 Å². The fourth-order valence-electron chi connectivity index (χ4n) is 1.65. The highest BCUT2D eigenvalue weighted by atomic mass is 16.4. The van der Waals surface area contributed by atoms with Crippen LogP contribution >= 0.6 is 0 Å². The van der Waals surface area contributed by atoms with Crippen molar-refractivity contribution in [2.45, 2.75) is 6.42 Å². The summed E-state index contributed by atoms with van der Waals surface area (Å²) in [6.07, 6.45) is 3.04. The topological polar surface area (TPSA) is 86.3 Å². The van der Waals surface area contributed by atoms with Crippen molar-refractivity contribution in [2.24, 2.45) is 5.92 Å². The molecule has 6 heteroatoms. The minimum absolute atomic E-state index is 0.0920. The van der Waals surface area contributed by atoms with Gasteiger partial charge in [0.2, 0.25) is 0 Å². The van der Waals surface area contributed by atoms with E-state index in [9.17, 15) is 9.59 Å². The van der Waals surface area contributed by atoms with Crippen molar-refractivity contribution >= 4 is 11.9 Å². The maximum absolute atomic E-state index is 11.6. The molecule has 1 aromatic heterocycles. The fraction of sp³-hybridized carbons (Fsp3) is 0.444. The Balaban J connectivity index is 1.85. The number of nitrogens with one attached hydrogen (secondary N) is 1. The Bertz CT molecular complexity index is 368. The quantitative estimate of drug-likeness (QED) is 0.731. The summed E-state index contributed by atoms with van der Waals surface area (Å²) in [6, 6.07) is 0. The molecule has 1 saturated heterocycles. The van der Waals surface area contributed by atoms with Gasteiger partial charge in [-0.25, -0.2) is 4.98 Å². The number of aliphatic carboxylic acids is 1. The van der Waals surface area contributed by atoms with E-state index in [0.717, 1.165) is 0 Å². The van der Waals surface area contributed by atoms with Crippen LogP contribution in [0.5, 0.6) is 0 Å². The van der Waals surface area contributed by atoms with Gasteiger partial charge in [0.25, 0.3) is 5.91 Å². The molecule has 0 radical (unpaired) electrons. The van der Waals surface area contributed by atoms with Gasteiger partial charge in [0.1, 0.15) is 5.69 Å². The van der Waals surface area contributed by atoms with Crippen LogP contribution in [-0.2, 0) is 4.79 Å². The molecule has 1 amide bonds. The van der Waals surface area contributed by atoms with Crippen LogP contribution < -0.4 is 0 Å². The molecule has 0 aromatic carbocycles. The van der Waals surface area contributed by atoms with Gasteiger partial charge in [0.05, 0.1) is 18.9 Å². The standard InChI is InChI=1S/C9H11N3O3/c13-8(14)1-6-3-12(4-6)9(15)7-2-10-5-11-7/h2,5-6H,1,3-4H2,(H,10,11)(H,13,14). The number of amides is 1. The number of rotatable bonds is 3. The highest BCUT2D eigenvalue weighted by molar-refractivity contribution is 5.92. The summed E-state index contributed by atoms with van der Waals surface area (Å²) in [7, 11) is 0. The first-order valence-electron chi connectivity index (χ1n) is 4.66. The number of likely N-dealkylation sites (tertiary alicyclic amines) is 1. The van der Waals surface area contributed by atoms with Gasteiger partial charge >= 0.3 is 5.97 Å². The molecule has 6 nitrogen and oxygen atoms in total. The third-order valence-electron chi connectivity index (χ3n) is 2.44. The summed E-state index contributed by atoms with van der Waals surface area (Å²) in [4.78, 5) is 30.1. The molecule has 1 aliphatic rings. The van der Waals surface area contributed by atoms with E-state index in [-0.39, 0.29) is 18.2 Å². The summed E-state index contributed by atoms with van der Waals surface area (Å²) in [5.41, 5.74) is 0.448. The lowest BCUT2D eigenvalue weighted by Crippen LogP contribution is -2.50. The highest BCUT2D eigenvalue weighted by Gasteiger charge is 2.32. The molecule has 0 bridgehead atoms. The minimum atomic E-state index is -0.811. The molecule has 80 valence electrons. The predicted octanol–water partition coefficient (Wildman–Crippen LogP) is -0.0436. The number of carboxylic acids is 1. The third-order valence-corrected chi connectivity index (χ3v) is 2.44. The van der Waals surface area contributed by atoms with Crippen molar-refractivity contribution in [3.63, 3.8) is 0 Å². The Morgan fingerprint density at radius 2 is 2.33 bits per heavy atom. The molecule has 0 aliphatic carbocycles. The molecule has 1 aliphatic heterocycles. The predicted molar refractivity (Wildman–Crippen MR) is 50.2 cm³/mol. The normalized spacial score (nSPS) is 16.1. The number of carbonyl (C=O) groups is 2. The third kappa shape index (κ3) is 1.98. The van der Waals surface area contributed by atoms with Crippen LogP contribution in [0.3, 0.4) is 0 Å². The molecule has 15 heavy (non-hydrogen) atoms. The number of carbonyl (C=O) groups excluding carboxylic acids is 1. The van der Waals surface area contributed by atoms with Crippen LogP contribution in [0.1, 0.15) is 16.9 Å². The lowest BCUT2D eigenvalue weighted by Gasteiger charge is -2.38. The van der Waals surface area contributed by atoms with Crippen molar-refractivity contribution in [1.29, 1.82) is 0 Å². The van der Waals surface area contributed by atoms with Crippen molar-refractivity contribution in [3.8, 4) is 0 Å². The van der Waals surface area contributed by atoms with Crippen molar-refractivity contribution < 1.29 is 14.7 Å². The van der Waals surface area contributed by atoms with E-state index >= 15 is 0 Å². The monoisotopic (exact) mass is 209 g/mol. The number of aromatic amines is 1. The fourth-order valence-corrected chi connectivity index (χ4v) is 1.65. The number of nitrogens with zero attached hydrogens (tertiary/aromatic N) is 2. The summed E-state index contributed by atoms with van der Waals surface area (Å²) < 4.78 is 0. The van der Waals surface area contributed by atoms with Gasteiger partial charge in [-0.2, -0.15) is 0 Å². The van der Waals surface area contributed by atoms with Gasteiger partial charge in [-0.1, -0.05) is 0 Å². The first-order valence-corrected chi connectivity index (χ1v) is 4.66. The lowest BCUT2D eigenvalue weighted by molar-refractivity contribution is -0.139. The zero-order valence-corrected chi connectivity index (χ0v) is 8.01. The molecule has 1 aromatic rings. The SMILES string of the molecule is O=C(O)CC1CN(C(=O)c2cnc[nH]2)C1. The van der Waals surface area contributed by atoms with Crippen LogP contribution in [0.4, 0.5) is 0 Å². The van der Waals surface area contributed by atoms with Crippen LogP contribution in [0, 0.1) is 5.92 Å². The van der Waals surface area contributed by atoms with Crippen molar-refractivity contribution in [2.75, 3.05) is 13.1 Å². The second-order valence-corrected chi connectivity index (χ2v) is 3.64. The largest absolute Gasteiger partial charge is 0.481 e. The molecule has 1 fully saturated rings. The van der Waals surface area contributed by atoms with E-state index in [1.165, 1.54) is 12.5 Å². The maximum atomic E-state index is 11.6. The van der Waals surface area contributed by atoms with Crippen molar-refractivity contribution in [3.05, 3.63) is 18.2 Å². The summed E-state index contributed by atoms with van der Waals surface area (Å²) in [5, 5.41) is 8.54. The zero-order chi connectivity index (χ0) is 10.8.